The summed E-state index contributed by atoms with van der Waals surface area (Å²) in [4.78, 5) is 0. The van der Waals surface area contributed by atoms with Crippen molar-refractivity contribution in [3.63, 3.8) is 0 Å². The Kier molecular flexibility index (Phi) is 6.02. The molecule has 11 rings (SSSR count). The van der Waals surface area contributed by atoms with Crippen LogP contribution < -0.4 is 0 Å². The first-order valence-electron chi connectivity index (χ1n) is 17.7. The number of para-hydroxylation sites is 4. The molecule has 0 spiro atoms. The van der Waals surface area contributed by atoms with Crippen LogP contribution in [-0.2, 0) is 0 Å². The van der Waals surface area contributed by atoms with Crippen LogP contribution in [0.5, 0.6) is 0 Å². The van der Waals surface area contributed by atoms with Crippen LogP contribution in [0, 0.1) is 22.7 Å². The first kappa shape index (κ1) is 29.2. The van der Waals surface area contributed by atoms with Crippen LogP contribution in [0.25, 0.3) is 93.3 Å². The highest BCUT2D eigenvalue weighted by Crippen LogP contribution is 2.44. The molecule has 0 aliphatic rings. The van der Waals surface area contributed by atoms with E-state index in [4.69, 9.17) is 0 Å². The molecule has 0 saturated heterocycles. The summed E-state index contributed by atoms with van der Waals surface area (Å²) >= 11 is 0. The Balaban J connectivity index is 1.23. The molecule has 5 heteroatoms. The average molecular weight is 674 g/mol. The van der Waals surface area contributed by atoms with Gasteiger partial charge in [0.1, 0.15) is 12.1 Å². The maximum atomic E-state index is 10.9. The third-order valence-electron chi connectivity index (χ3n) is 10.9. The lowest BCUT2D eigenvalue weighted by Gasteiger charge is -2.15. The van der Waals surface area contributed by atoms with Gasteiger partial charge in [0.15, 0.2) is 0 Å². The Labute approximate surface area is 303 Å². The second-order valence-electron chi connectivity index (χ2n) is 13.5. The van der Waals surface area contributed by atoms with Crippen LogP contribution in [0.15, 0.2) is 164 Å². The van der Waals surface area contributed by atoms with E-state index in [0.29, 0.717) is 22.5 Å². The molecule has 3 heterocycles. The van der Waals surface area contributed by atoms with Crippen molar-refractivity contribution in [3.8, 4) is 29.2 Å². The summed E-state index contributed by atoms with van der Waals surface area (Å²) in [5.74, 6) is 0. The van der Waals surface area contributed by atoms with E-state index >= 15 is 0 Å². The van der Waals surface area contributed by atoms with Crippen molar-refractivity contribution in [1.82, 2.24) is 13.7 Å². The van der Waals surface area contributed by atoms with Crippen LogP contribution in [-0.4, -0.2) is 13.7 Å². The number of nitriles is 2. The molecular weight excluding hydrogens is 647 g/mol. The van der Waals surface area contributed by atoms with Gasteiger partial charge in [0.05, 0.1) is 55.6 Å². The van der Waals surface area contributed by atoms with E-state index in [9.17, 15) is 10.5 Å². The first-order chi connectivity index (χ1) is 26.2. The Morgan fingerprint density at radius 3 is 1.32 bits per heavy atom. The zero-order valence-corrected chi connectivity index (χ0v) is 28.3. The van der Waals surface area contributed by atoms with Gasteiger partial charge >= 0.3 is 0 Å². The van der Waals surface area contributed by atoms with Gasteiger partial charge in [-0.05, 0) is 71.4 Å². The zero-order valence-electron chi connectivity index (χ0n) is 28.3. The van der Waals surface area contributed by atoms with Crippen LogP contribution in [0.3, 0.4) is 0 Å². The van der Waals surface area contributed by atoms with Gasteiger partial charge in [-0.2, -0.15) is 10.5 Å². The molecule has 0 aliphatic carbocycles. The minimum Gasteiger partial charge on any atom is -0.309 e. The molecule has 0 amide bonds. The molecule has 0 atom stereocenters. The fourth-order valence-corrected chi connectivity index (χ4v) is 8.76. The SMILES string of the molecule is N#Cc1cc(-n2c3ccccc3c3c4c5ccccc5n(-c5ccccc5)c4ccc32)c(C#N)cc1-n1c2ccccc2c2c3ccccc3ccc21. The van der Waals surface area contributed by atoms with E-state index in [1.165, 1.54) is 0 Å². The summed E-state index contributed by atoms with van der Waals surface area (Å²) in [6.45, 7) is 0. The van der Waals surface area contributed by atoms with Gasteiger partial charge in [0, 0.05) is 38.0 Å². The Morgan fingerprint density at radius 2 is 0.755 bits per heavy atom. The number of rotatable bonds is 3. The summed E-state index contributed by atoms with van der Waals surface area (Å²) in [5, 5.41) is 30.8. The maximum absolute atomic E-state index is 10.9. The molecule has 3 aromatic heterocycles. The fraction of sp³-hybridized carbons (Fsp3) is 0. The summed E-state index contributed by atoms with van der Waals surface area (Å²) in [6, 6.07) is 61.6. The third-order valence-corrected chi connectivity index (χ3v) is 10.9. The minimum absolute atomic E-state index is 0.486. The summed E-state index contributed by atoms with van der Waals surface area (Å²) < 4.78 is 6.64. The quantitative estimate of drug-likeness (QED) is 0.187. The molecule has 244 valence electrons. The van der Waals surface area contributed by atoms with Crippen molar-refractivity contribution >= 4 is 76.2 Å². The van der Waals surface area contributed by atoms with Gasteiger partial charge in [-0.1, -0.05) is 103 Å². The van der Waals surface area contributed by atoms with Crippen molar-refractivity contribution in [2.45, 2.75) is 0 Å². The van der Waals surface area contributed by atoms with Gasteiger partial charge in [-0.3, -0.25) is 0 Å². The molecule has 0 bridgehead atoms. The first-order valence-corrected chi connectivity index (χ1v) is 17.7. The summed E-state index contributed by atoms with van der Waals surface area (Å²) in [5.41, 5.74) is 9.61. The van der Waals surface area contributed by atoms with Gasteiger partial charge in [-0.25, -0.2) is 0 Å². The van der Waals surface area contributed by atoms with Gasteiger partial charge in [-0.15, -0.1) is 0 Å². The maximum Gasteiger partial charge on any atom is 0.101 e. The van der Waals surface area contributed by atoms with Crippen molar-refractivity contribution < 1.29 is 0 Å². The molecule has 0 fully saturated rings. The van der Waals surface area contributed by atoms with Crippen LogP contribution in [0.4, 0.5) is 0 Å². The third kappa shape index (κ3) is 3.94. The predicted octanol–water partition coefficient (Wildman–Crippen LogP) is 11.9. The largest absolute Gasteiger partial charge is 0.309 e. The molecular formula is C48H27N5. The molecule has 8 aromatic carbocycles. The number of nitrogens with zero attached hydrogens (tertiary/aromatic N) is 5. The second-order valence-corrected chi connectivity index (χ2v) is 13.5. The van der Waals surface area contributed by atoms with E-state index in [0.717, 1.165) is 81.9 Å². The lowest BCUT2D eigenvalue weighted by Crippen LogP contribution is -2.04. The van der Waals surface area contributed by atoms with Gasteiger partial charge < -0.3 is 13.7 Å². The standard InChI is InChI=1S/C48H27N5/c49-28-31-27-45(32(29-50)26-44(31)52-39-20-10-6-16-35(39)46-34-15-5-4-12-30(34)22-23-41(46)52)53-40-21-11-8-18-37(40)48-43(53)25-24-42-47(48)36-17-7-9-19-38(36)51(42)33-13-2-1-3-14-33/h1-27H. The van der Waals surface area contributed by atoms with Crippen molar-refractivity contribution in [3.05, 3.63) is 175 Å². The smallest absolute Gasteiger partial charge is 0.101 e. The molecule has 0 radical (unpaired) electrons. The fourth-order valence-electron chi connectivity index (χ4n) is 8.76. The van der Waals surface area contributed by atoms with Crippen LogP contribution >= 0.6 is 0 Å². The molecule has 11 aromatic rings. The van der Waals surface area contributed by atoms with E-state index in [1.54, 1.807) is 0 Å². The van der Waals surface area contributed by atoms with Crippen LogP contribution in [0.2, 0.25) is 0 Å². The van der Waals surface area contributed by atoms with Crippen molar-refractivity contribution in [1.29, 1.82) is 10.5 Å². The predicted molar refractivity (Wildman–Crippen MR) is 216 cm³/mol. The highest BCUT2D eigenvalue weighted by molar-refractivity contribution is 6.29. The zero-order chi connectivity index (χ0) is 35.2. The number of aromatic nitrogens is 3. The number of fused-ring (bicyclic) bond motifs is 12. The lowest BCUT2D eigenvalue weighted by atomic mass is 10.0. The Morgan fingerprint density at radius 1 is 0.340 bits per heavy atom. The Bertz CT molecular complexity index is 3420. The molecule has 0 N–H and O–H groups in total. The highest BCUT2D eigenvalue weighted by Gasteiger charge is 2.24. The van der Waals surface area contributed by atoms with Crippen molar-refractivity contribution in [2.75, 3.05) is 0 Å². The molecule has 5 nitrogen and oxygen atoms in total. The van der Waals surface area contributed by atoms with Gasteiger partial charge in [0.25, 0.3) is 0 Å². The number of hydrogen-bond acceptors (Lipinski definition) is 2. The highest BCUT2D eigenvalue weighted by atomic mass is 15.0. The summed E-state index contributed by atoms with van der Waals surface area (Å²) in [7, 11) is 0. The van der Waals surface area contributed by atoms with E-state index in [2.05, 4.69) is 159 Å². The van der Waals surface area contributed by atoms with Crippen molar-refractivity contribution in [2.24, 2.45) is 0 Å². The second kappa shape index (κ2) is 10.9. The monoisotopic (exact) mass is 673 g/mol. The molecule has 0 saturated carbocycles. The number of benzene rings is 8. The van der Waals surface area contributed by atoms with Gasteiger partial charge in [0.2, 0.25) is 0 Å². The van der Waals surface area contributed by atoms with E-state index in [1.807, 2.05) is 30.3 Å². The van der Waals surface area contributed by atoms with E-state index in [-0.39, 0.29) is 0 Å². The molecule has 0 unspecified atom stereocenters. The van der Waals surface area contributed by atoms with E-state index < -0.39 is 0 Å². The minimum atomic E-state index is 0.486. The molecule has 53 heavy (non-hydrogen) atoms. The molecule has 0 aliphatic heterocycles. The Hall–Kier alpha value is -7.60. The average Bonchev–Trinajstić information content (AvgIpc) is 3.86. The topological polar surface area (TPSA) is 62.4 Å². The van der Waals surface area contributed by atoms with Crippen LogP contribution in [0.1, 0.15) is 11.1 Å². The number of hydrogen-bond donors (Lipinski definition) is 0. The summed E-state index contributed by atoms with van der Waals surface area (Å²) in [6.07, 6.45) is 0. The normalized spacial score (nSPS) is 11.7. The lowest BCUT2D eigenvalue weighted by molar-refractivity contribution is 1.12.